The lowest BCUT2D eigenvalue weighted by Crippen LogP contribution is -2.29. The van der Waals surface area contributed by atoms with E-state index in [1.165, 1.54) is 4.90 Å². The van der Waals surface area contributed by atoms with Crippen LogP contribution >= 0.6 is 11.6 Å². The molecule has 1 aromatic carbocycles. The minimum absolute atomic E-state index is 0.0351. The van der Waals surface area contributed by atoms with Gasteiger partial charge in [-0.15, -0.1) is 0 Å². The van der Waals surface area contributed by atoms with Crippen molar-refractivity contribution in [3.05, 3.63) is 28.8 Å². The molecule has 1 saturated heterocycles. The number of benzene rings is 1. The van der Waals surface area contributed by atoms with Gasteiger partial charge in [-0.25, -0.2) is 13.2 Å². The van der Waals surface area contributed by atoms with Crippen molar-refractivity contribution >= 4 is 33.4 Å². The Morgan fingerprint density at radius 1 is 1.30 bits per heavy atom. The van der Waals surface area contributed by atoms with Crippen LogP contribution in [0.3, 0.4) is 0 Å². The molecule has 1 heterocycles. The second kappa shape index (κ2) is 10.0. The molecule has 9 heteroatoms. The smallest absolute Gasteiger partial charge is 0.324 e. The summed E-state index contributed by atoms with van der Waals surface area (Å²) < 4.78 is 46.7. The van der Waals surface area contributed by atoms with Gasteiger partial charge < -0.3 is 9.64 Å². The molecule has 3 amide bonds. The summed E-state index contributed by atoms with van der Waals surface area (Å²) in [6.07, 6.45) is 3.31. The third-order valence-corrected chi connectivity index (χ3v) is 7.42. The number of nitrogens with one attached hydrogen (secondary N) is 1. The molecule has 166 valence electrons. The molecule has 1 atom stereocenters. The standard InChI is InChI=1S/C21H29ClN2O5S/c1-15(17-7-8-18(22)19(11-17)29-13-16-5-6-16)14-30(27,28)10-4-2-3-9-24-12-20(25)23-21(24)26/h7-8,11,15-16H,2-6,9-10,12-14H2,1H3,(H,23,25,26)/t15-/m0/s1/i13D2. The van der Waals surface area contributed by atoms with Gasteiger partial charge in [-0.3, -0.25) is 10.1 Å². The summed E-state index contributed by atoms with van der Waals surface area (Å²) in [7, 11) is -3.30. The summed E-state index contributed by atoms with van der Waals surface area (Å²) in [4.78, 5) is 24.1. The Labute approximate surface area is 185 Å². The Balaban J connectivity index is 1.47. The van der Waals surface area contributed by atoms with Gasteiger partial charge in [0.05, 0.1) is 25.8 Å². The van der Waals surface area contributed by atoms with Crippen molar-refractivity contribution in [2.75, 3.05) is 31.2 Å². The van der Waals surface area contributed by atoms with Crippen molar-refractivity contribution in [1.29, 1.82) is 0 Å². The van der Waals surface area contributed by atoms with E-state index in [0.717, 1.165) is 18.4 Å². The molecule has 0 aromatic heterocycles. The summed E-state index contributed by atoms with van der Waals surface area (Å²) in [6.45, 7) is 0.503. The number of halogens is 1. The lowest BCUT2D eigenvalue weighted by Gasteiger charge is -2.15. The molecule has 0 radical (unpaired) electrons. The first kappa shape index (κ1) is 20.1. The Bertz CT molecular complexity index is 969. The molecule has 1 saturated carbocycles. The summed E-state index contributed by atoms with van der Waals surface area (Å²) in [5.41, 5.74) is 0.726. The molecule has 0 spiro atoms. The van der Waals surface area contributed by atoms with Crippen LogP contribution in [0, 0.1) is 5.92 Å². The third kappa shape index (κ3) is 6.87. The number of hydrogen-bond acceptors (Lipinski definition) is 5. The van der Waals surface area contributed by atoms with Crippen LogP contribution in [0.1, 0.15) is 53.3 Å². The number of rotatable bonds is 12. The maximum Gasteiger partial charge on any atom is 0.324 e. The topological polar surface area (TPSA) is 92.8 Å². The first-order chi connectivity index (χ1) is 15.0. The molecule has 7 nitrogen and oxygen atoms in total. The van der Waals surface area contributed by atoms with E-state index >= 15 is 0 Å². The molecule has 30 heavy (non-hydrogen) atoms. The maximum atomic E-state index is 12.6. The van der Waals surface area contributed by atoms with Gasteiger partial charge in [0.2, 0.25) is 5.91 Å². The summed E-state index contributed by atoms with van der Waals surface area (Å²) >= 11 is 6.17. The molecule has 0 bridgehead atoms. The van der Waals surface area contributed by atoms with Crippen LogP contribution < -0.4 is 10.1 Å². The van der Waals surface area contributed by atoms with Gasteiger partial charge in [0.25, 0.3) is 0 Å². The van der Waals surface area contributed by atoms with Crippen LogP contribution in [0.5, 0.6) is 5.75 Å². The number of carbonyl (C=O) groups excluding carboxylic acids is 2. The zero-order valence-corrected chi connectivity index (χ0v) is 18.6. The first-order valence-corrected chi connectivity index (χ1v) is 12.4. The van der Waals surface area contributed by atoms with E-state index in [1.54, 1.807) is 18.2 Å². The zero-order valence-electron chi connectivity index (χ0n) is 19.0. The van der Waals surface area contributed by atoms with Crippen LogP contribution in [0.15, 0.2) is 18.2 Å². The van der Waals surface area contributed by atoms with Gasteiger partial charge in [0.15, 0.2) is 9.84 Å². The number of ether oxygens (including phenoxy) is 1. The molecule has 2 fully saturated rings. The Kier molecular flexibility index (Phi) is 6.71. The fourth-order valence-electron chi connectivity index (χ4n) is 3.28. The largest absolute Gasteiger partial charge is 0.492 e. The van der Waals surface area contributed by atoms with E-state index in [9.17, 15) is 18.0 Å². The monoisotopic (exact) mass is 458 g/mol. The summed E-state index contributed by atoms with van der Waals surface area (Å²) in [6, 6.07) is 4.58. The van der Waals surface area contributed by atoms with Gasteiger partial charge in [-0.05, 0) is 55.2 Å². The van der Waals surface area contributed by atoms with Gasteiger partial charge in [0, 0.05) is 6.54 Å². The minimum atomic E-state index is -3.30. The van der Waals surface area contributed by atoms with Gasteiger partial charge >= 0.3 is 6.03 Å². The fraction of sp³-hybridized carbons (Fsp3) is 0.619. The SMILES string of the molecule is [2H]C([2H])(Oc1cc([C@@H](C)CS(=O)(=O)CCCCCN2CC(=O)NC2=O)ccc1Cl)C1CC1. The predicted molar refractivity (Wildman–Crippen MR) is 116 cm³/mol. The molecule has 1 aliphatic heterocycles. The van der Waals surface area contributed by atoms with E-state index in [2.05, 4.69) is 5.32 Å². The highest BCUT2D eigenvalue weighted by Crippen LogP contribution is 2.33. The van der Waals surface area contributed by atoms with E-state index < -0.39 is 22.4 Å². The van der Waals surface area contributed by atoms with Crippen LogP contribution in [-0.2, 0) is 14.6 Å². The normalized spacial score (nSPS) is 19.3. The molecule has 2 aliphatic rings. The zero-order chi connectivity index (χ0) is 23.5. The number of carbonyl (C=O) groups is 2. The van der Waals surface area contributed by atoms with Crippen molar-refractivity contribution in [3.63, 3.8) is 0 Å². The average molecular weight is 459 g/mol. The Morgan fingerprint density at radius 3 is 2.73 bits per heavy atom. The van der Waals surface area contributed by atoms with Gasteiger partial charge in [-0.2, -0.15) is 0 Å². The lowest BCUT2D eigenvalue weighted by molar-refractivity contribution is -0.118. The quantitative estimate of drug-likeness (QED) is 0.383. The average Bonchev–Trinajstić information content (AvgIpc) is 3.49. The number of amides is 3. The fourth-order valence-corrected chi connectivity index (χ4v) is 5.20. The molecular weight excluding hydrogens is 428 g/mol. The molecule has 1 aromatic rings. The highest BCUT2D eigenvalue weighted by atomic mass is 35.5. The highest BCUT2D eigenvalue weighted by molar-refractivity contribution is 7.91. The van der Waals surface area contributed by atoms with Crippen molar-refractivity contribution < 1.29 is 25.5 Å². The van der Waals surface area contributed by atoms with Crippen molar-refractivity contribution in [3.8, 4) is 5.75 Å². The van der Waals surface area contributed by atoms with E-state index in [4.69, 9.17) is 19.1 Å². The Hall–Kier alpha value is -1.80. The second-order valence-electron chi connectivity index (χ2n) is 8.03. The minimum Gasteiger partial charge on any atom is -0.492 e. The molecular formula is C21H29ClN2O5S. The van der Waals surface area contributed by atoms with Gasteiger partial charge in [-0.1, -0.05) is 31.0 Å². The highest BCUT2D eigenvalue weighted by Gasteiger charge is 2.26. The van der Waals surface area contributed by atoms with E-state index in [0.29, 0.717) is 30.8 Å². The third-order valence-electron chi connectivity index (χ3n) is 5.19. The molecule has 1 N–H and O–H groups in total. The molecule has 0 unspecified atom stereocenters. The number of sulfone groups is 1. The van der Waals surface area contributed by atoms with Crippen molar-refractivity contribution in [1.82, 2.24) is 10.2 Å². The van der Waals surface area contributed by atoms with Crippen LogP contribution in [0.2, 0.25) is 5.02 Å². The first-order valence-electron chi connectivity index (χ1n) is 11.2. The lowest BCUT2D eigenvalue weighted by atomic mass is 10.0. The number of hydrogen-bond donors (Lipinski definition) is 1. The van der Waals surface area contributed by atoms with Crippen molar-refractivity contribution in [2.45, 2.75) is 44.9 Å². The number of unbranched alkanes of at least 4 members (excludes halogenated alkanes) is 2. The van der Waals surface area contributed by atoms with Crippen molar-refractivity contribution in [2.24, 2.45) is 5.92 Å². The number of imide groups is 1. The van der Waals surface area contributed by atoms with Crippen LogP contribution in [0.25, 0.3) is 0 Å². The van der Waals surface area contributed by atoms with E-state index in [-0.39, 0.29) is 41.5 Å². The van der Waals surface area contributed by atoms with E-state index in [1.807, 2.05) is 6.92 Å². The molecule has 1 aliphatic carbocycles. The second-order valence-corrected chi connectivity index (χ2v) is 10.7. The Morgan fingerprint density at radius 2 is 2.07 bits per heavy atom. The van der Waals surface area contributed by atoms with Crippen LogP contribution in [-0.4, -0.2) is 56.4 Å². The number of urea groups is 1. The number of nitrogens with zero attached hydrogens (tertiary/aromatic N) is 1. The molecule has 3 rings (SSSR count). The maximum absolute atomic E-state index is 12.6. The van der Waals surface area contributed by atoms with Crippen LogP contribution in [0.4, 0.5) is 4.79 Å². The summed E-state index contributed by atoms with van der Waals surface area (Å²) in [5, 5.41) is 2.50. The predicted octanol–water partition coefficient (Wildman–Crippen LogP) is 3.37. The van der Waals surface area contributed by atoms with Gasteiger partial charge in [0.1, 0.15) is 12.3 Å². The summed E-state index contributed by atoms with van der Waals surface area (Å²) in [5.74, 6) is -0.511.